The SMILES string of the molecule is CC(=O)Cc1ncc(-c2cn(C)c3ccccc23)[nH]1. The Morgan fingerprint density at radius 2 is 2.16 bits per heavy atom. The molecule has 0 atom stereocenters. The molecule has 0 bridgehead atoms. The molecule has 3 rings (SSSR count). The average molecular weight is 253 g/mol. The van der Waals surface area contributed by atoms with E-state index in [9.17, 15) is 4.79 Å². The molecule has 2 heterocycles. The third kappa shape index (κ3) is 2.05. The number of nitrogens with one attached hydrogen (secondary N) is 1. The van der Waals surface area contributed by atoms with E-state index in [4.69, 9.17) is 0 Å². The van der Waals surface area contributed by atoms with Crippen LogP contribution in [0.5, 0.6) is 0 Å². The molecule has 2 aromatic heterocycles. The first-order valence-corrected chi connectivity index (χ1v) is 6.23. The summed E-state index contributed by atoms with van der Waals surface area (Å²) in [6.45, 7) is 1.57. The molecule has 4 heteroatoms. The zero-order valence-corrected chi connectivity index (χ0v) is 11.0. The number of Topliss-reactive ketones (excluding diaryl/α,β-unsaturated/α-hetero) is 1. The first kappa shape index (κ1) is 11.7. The largest absolute Gasteiger partial charge is 0.350 e. The van der Waals surface area contributed by atoms with Crippen LogP contribution in [-0.2, 0) is 18.3 Å². The van der Waals surface area contributed by atoms with Gasteiger partial charge in [0.25, 0.3) is 0 Å². The fourth-order valence-corrected chi connectivity index (χ4v) is 2.38. The predicted octanol–water partition coefficient (Wildman–Crippen LogP) is 2.70. The van der Waals surface area contributed by atoms with Gasteiger partial charge >= 0.3 is 0 Å². The standard InChI is InChI=1S/C15H15N3O/c1-10(19)7-15-16-8-13(17-15)12-9-18(2)14-6-4-3-5-11(12)14/h3-6,8-9H,7H2,1-2H3,(H,16,17). The van der Waals surface area contributed by atoms with Gasteiger partial charge < -0.3 is 9.55 Å². The number of carbonyl (C=O) groups excluding carboxylic acids is 1. The normalized spacial score (nSPS) is 11.1. The van der Waals surface area contributed by atoms with Gasteiger partial charge in [0.05, 0.1) is 18.3 Å². The van der Waals surface area contributed by atoms with Crippen molar-refractivity contribution >= 4 is 16.7 Å². The summed E-state index contributed by atoms with van der Waals surface area (Å²) < 4.78 is 2.09. The number of hydrogen-bond acceptors (Lipinski definition) is 2. The van der Waals surface area contributed by atoms with Gasteiger partial charge in [0.2, 0.25) is 0 Å². The molecule has 0 radical (unpaired) electrons. The monoisotopic (exact) mass is 253 g/mol. The Morgan fingerprint density at radius 3 is 2.95 bits per heavy atom. The van der Waals surface area contributed by atoms with E-state index in [0.29, 0.717) is 6.42 Å². The van der Waals surface area contributed by atoms with Crippen LogP contribution in [-0.4, -0.2) is 20.3 Å². The molecule has 0 spiro atoms. The lowest BCUT2D eigenvalue weighted by molar-refractivity contribution is -0.116. The molecule has 0 aliphatic carbocycles. The van der Waals surface area contributed by atoms with E-state index in [1.165, 1.54) is 10.9 Å². The number of carbonyl (C=O) groups is 1. The highest BCUT2D eigenvalue weighted by Crippen LogP contribution is 2.28. The molecule has 0 fully saturated rings. The van der Waals surface area contributed by atoms with Crippen molar-refractivity contribution in [2.24, 2.45) is 7.05 Å². The van der Waals surface area contributed by atoms with Gasteiger partial charge in [-0.05, 0) is 13.0 Å². The third-order valence-corrected chi connectivity index (χ3v) is 3.23. The van der Waals surface area contributed by atoms with E-state index in [1.807, 2.05) is 19.2 Å². The predicted molar refractivity (Wildman–Crippen MR) is 74.9 cm³/mol. The summed E-state index contributed by atoms with van der Waals surface area (Å²) in [6, 6.07) is 8.24. The summed E-state index contributed by atoms with van der Waals surface area (Å²) >= 11 is 0. The lowest BCUT2D eigenvalue weighted by Crippen LogP contribution is -1.97. The number of aromatic amines is 1. The van der Waals surface area contributed by atoms with E-state index < -0.39 is 0 Å². The zero-order chi connectivity index (χ0) is 13.4. The van der Waals surface area contributed by atoms with Crippen molar-refractivity contribution in [1.29, 1.82) is 0 Å². The van der Waals surface area contributed by atoms with Crippen molar-refractivity contribution < 1.29 is 4.79 Å². The van der Waals surface area contributed by atoms with Crippen LogP contribution in [0.25, 0.3) is 22.2 Å². The van der Waals surface area contributed by atoms with Gasteiger partial charge in [-0.2, -0.15) is 0 Å². The van der Waals surface area contributed by atoms with Crippen molar-refractivity contribution in [3.8, 4) is 11.3 Å². The maximum Gasteiger partial charge on any atom is 0.137 e. The number of imidazole rings is 1. The number of hydrogen-bond donors (Lipinski definition) is 1. The fourth-order valence-electron chi connectivity index (χ4n) is 2.38. The van der Waals surface area contributed by atoms with Gasteiger partial charge in [0, 0.05) is 29.7 Å². The van der Waals surface area contributed by atoms with Crippen molar-refractivity contribution in [3.05, 3.63) is 42.5 Å². The summed E-state index contributed by atoms with van der Waals surface area (Å²) in [5.74, 6) is 0.828. The number of aromatic nitrogens is 3. The average Bonchev–Trinajstić information content (AvgIpc) is 2.95. The molecule has 0 aliphatic heterocycles. The fraction of sp³-hybridized carbons (Fsp3) is 0.200. The molecule has 19 heavy (non-hydrogen) atoms. The van der Waals surface area contributed by atoms with E-state index in [2.05, 4.69) is 32.9 Å². The molecule has 4 nitrogen and oxygen atoms in total. The van der Waals surface area contributed by atoms with Crippen molar-refractivity contribution in [2.75, 3.05) is 0 Å². The molecule has 0 amide bonds. The minimum atomic E-state index is 0.110. The van der Waals surface area contributed by atoms with Gasteiger partial charge in [-0.3, -0.25) is 4.79 Å². The number of benzene rings is 1. The van der Waals surface area contributed by atoms with Gasteiger partial charge in [-0.15, -0.1) is 0 Å². The minimum Gasteiger partial charge on any atom is -0.350 e. The smallest absolute Gasteiger partial charge is 0.137 e. The van der Waals surface area contributed by atoms with Crippen LogP contribution in [0, 0.1) is 0 Å². The summed E-state index contributed by atoms with van der Waals surface area (Å²) in [7, 11) is 2.03. The van der Waals surface area contributed by atoms with Gasteiger partial charge in [0.15, 0.2) is 0 Å². The molecule has 0 aliphatic rings. The van der Waals surface area contributed by atoms with E-state index >= 15 is 0 Å². The Morgan fingerprint density at radius 1 is 1.37 bits per heavy atom. The molecule has 1 aromatic carbocycles. The summed E-state index contributed by atoms with van der Waals surface area (Å²) in [5.41, 5.74) is 3.24. The van der Waals surface area contributed by atoms with Crippen LogP contribution in [0.15, 0.2) is 36.7 Å². The van der Waals surface area contributed by atoms with Crippen LogP contribution < -0.4 is 0 Å². The Hall–Kier alpha value is -2.36. The maximum atomic E-state index is 11.1. The lowest BCUT2D eigenvalue weighted by Gasteiger charge is -1.95. The molecule has 96 valence electrons. The van der Waals surface area contributed by atoms with Crippen LogP contribution in [0.2, 0.25) is 0 Å². The summed E-state index contributed by atoms with van der Waals surface area (Å²) in [4.78, 5) is 18.6. The van der Waals surface area contributed by atoms with E-state index in [0.717, 1.165) is 17.1 Å². The first-order chi connectivity index (χ1) is 9.15. The molecular weight excluding hydrogens is 238 g/mol. The molecule has 1 N–H and O–H groups in total. The summed E-state index contributed by atoms with van der Waals surface area (Å²) in [5, 5.41) is 1.18. The topological polar surface area (TPSA) is 50.7 Å². The second kappa shape index (κ2) is 4.39. The number of H-pyrrole nitrogens is 1. The highest BCUT2D eigenvalue weighted by atomic mass is 16.1. The minimum absolute atomic E-state index is 0.110. The van der Waals surface area contributed by atoms with E-state index in [1.54, 1.807) is 13.1 Å². The number of nitrogens with zero attached hydrogens (tertiary/aromatic N) is 2. The zero-order valence-electron chi connectivity index (χ0n) is 11.0. The van der Waals surface area contributed by atoms with Crippen molar-refractivity contribution in [1.82, 2.24) is 14.5 Å². The number of aryl methyl sites for hydroxylation is 1. The van der Waals surface area contributed by atoms with Crippen molar-refractivity contribution in [2.45, 2.75) is 13.3 Å². The van der Waals surface area contributed by atoms with Crippen molar-refractivity contribution in [3.63, 3.8) is 0 Å². The second-order valence-electron chi connectivity index (χ2n) is 4.79. The number of rotatable bonds is 3. The molecule has 0 unspecified atom stereocenters. The first-order valence-electron chi connectivity index (χ1n) is 6.23. The third-order valence-electron chi connectivity index (χ3n) is 3.23. The number of para-hydroxylation sites is 1. The highest BCUT2D eigenvalue weighted by Gasteiger charge is 2.11. The second-order valence-corrected chi connectivity index (χ2v) is 4.79. The summed E-state index contributed by atoms with van der Waals surface area (Å²) in [6.07, 6.45) is 4.22. The van der Waals surface area contributed by atoms with Crippen LogP contribution >= 0.6 is 0 Å². The maximum absolute atomic E-state index is 11.1. The van der Waals surface area contributed by atoms with Crippen LogP contribution in [0.4, 0.5) is 0 Å². The van der Waals surface area contributed by atoms with Gasteiger partial charge in [0.1, 0.15) is 11.6 Å². The quantitative estimate of drug-likeness (QED) is 0.780. The number of fused-ring (bicyclic) bond motifs is 1. The van der Waals surface area contributed by atoms with Crippen LogP contribution in [0.3, 0.4) is 0 Å². The van der Waals surface area contributed by atoms with Crippen LogP contribution in [0.1, 0.15) is 12.7 Å². The number of ketones is 1. The Kier molecular flexibility index (Phi) is 2.71. The van der Waals surface area contributed by atoms with Gasteiger partial charge in [-0.25, -0.2) is 4.98 Å². The lowest BCUT2D eigenvalue weighted by atomic mass is 10.1. The molecular formula is C15H15N3O. The molecule has 3 aromatic rings. The Labute approximate surface area is 111 Å². The highest BCUT2D eigenvalue weighted by molar-refractivity contribution is 5.95. The molecule has 0 saturated carbocycles. The molecule has 0 saturated heterocycles. The Balaban J connectivity index is 2.09. The van der Waals surface area contributed by atoms with Gasteiger partial charge in [-0.1, -0.05) is 18.2 Å². The Bertz CT molecular complexity index is 752. The van der Waals surface area contributed by atoms with E-state index in [-0.39, 0.29) is 5.78 Å².